The second-order valence-electron chi connectivity index (χ2n) is 7.54. The first-order valence-electron chi connectivity index (χ1n) is 8.44. The monoisotopic (exact) mass is 429 g/mol. The molecule has 1 aromatic rings. The summed E-state index contributed by atoms with van der Waals surface area (Å²) in [4.78, 5) is 40.2. The molecule has 0 spiro atoms. The van der Waals surface area contributed by atoms with Crippen LogP contribution in [-0.2, 0) is 35.6 Å². The van der Waals surface area contributed by atoms with Crippen molar-refractivity contribution in [2.45, 2.75) is 55.5 Å². The lowest BCUT2D eigenvalue weighted by molar-refractivity contribution is -0.161. The third-order valence-electron chi connectivity index (χ3n) is 5.06. The lowest BCUT2D eigenvalue weighted by Gasteiger charge is -2.35. The van der Waals surface area contributed by atoms with E-state index >= 15 is 0 Å². The first-order valence-corrected chi connectivity index (χ1v) is 9.98. The minimum absolute atomic E-state index is 0.136. The lowest BCUT2D eigenvalue weighted by atomic mass is 9.96. The molecule has 0 radical (unpaired) electrons. The molecule has 0 bridgehead atoms. The van der Waals surface area contributed by atoms with Crippen LogP contribution in [0.1, 0.15) is 32.9 Å². The van der Waals surface area contributed by atoms with Crippen molar-refractivity contribution in [2.24, 2.45) is 5.16 Å². The number of carboxylic acids is 2. The molecule has 3 atom stereocenters. The van der Waals surface area contributed by atoms with Gasteiger partial charge in [0.25, 0.3) is 0 Å². The number of carbonyl (C=O) groups excluding carboxylic acids is 1. The molecule has 14 heteroatoms. The molecule has 29 heavy (non-hydrogen) atoms. The van der Waals surface area contributed by atoms with Crippen LogP contribution in [0.4, 0.5) is 0 Å². The summed E-state index contributed by atoms with van der Waals surface area (Å²) in [6, 6.07) is -1.54. The number of fused-ring (bicyclic) bond motifs is 1. The number of nitrogens with zero attached hydrogens (tertiary/aromatic N) is 5. The molecule has 2 aliphatic heterocycles. The highest BCUT2D eigenvalue weighted by atomic mass is 32.2. The molecule has 2 fully saturated rings. The Bertz CT molecular complexity index is 1020. The van der Waals surface area contributed by atoms with E-state index in [1.54, 1.807) is 0 Å². The van der Waals surface area contributed by atoms with E-state index in [-0.39, 0.29) is 18.7 Å². The zero-order valence-corrected chi connectivity index (χ0v) is 16.5. The highest BCUT2D eigenvalue weighted by molar-refractivity contribution is 7.93. The van der Waals surface area contributed by atoms with E-state index in [4.69, 9.17) is 9.94 Å². The molecule has 0 aliphatic carbocycles. The van der Waals surface area contributed by atoms with Crippen LogP contribution in [-0.4, -0.2) is 84.3 Å². The van der Waals surface area contributed by atoms with E-state index in [9.17, 15) is 27.9 Å². The number of β-lactam (4-membered cyclic amide) rings is 1. The molecule has 3 heterocycles. The number of aliphatic carboxylic acids is 2. The first-order chi connectivity index (χ1) is 13.3. The van der Waals surface area contributed by atoms with E-state index < -0.39 is 49.4 Å². The largest absolute Gasteiger partial charge is 0.480 e. The van der Waals surface area contributed by atoms with Gasteiger partial charge in [-0.2, -0.15) is 0 Å². The maximum atomic E-state index is 12.9. The average molecular weight is 429 g/mol. The van der Waals surface area contributed by atoms with Crippen molar-refractivity contribution in [2.75, 3.05) is 0 Å². The van der Waals surface area contributed by atoms with Gasteiger partial charge < -0.3 is 20.0 Å². The van der Waals surface area contributed by atoms with Crippen molar-refractivity contribution in [1.82, 2.24) is 19.9 Å². The Morgan fingerprint density at radius 3 is 2.66 bits per heavy atom. The van der Waals surface area contributed by atoms with E-state index in [0.29, 0.717) is 0 Å². The van der Waals surface area contributed by atoms with Crippen LogP contribution >= 0.6 is 0 Å². The normalized spacial score (nSPS) is 28.2. The van der Waals surface area contributed by atoms with Crippen molar-refractivity contribution >= 4 is 33.9 Å². The topological polar surface area (TPSA) is 181 Å². The Morgan fingerprint density at radius 2 is 2.10 bits per heavy atom. The van der Waals surface area contributed by atoms with E-state index in [1.165, 1.54) is 27.0 Å². The fraction of sp³-hybridized carbons (Fsp3) is 0.600. The maximum absolute atomic E-state index is 12.9. The number of rotatable bonds is 7. The second kappa shape index (κ2) is 6.50. The minimum atomic E-state index is -3.98. The number of aromatic nitrogens is 3. The third-order valence-corrected chi connectivity index (χ3v) is 7.82. The number of carboxylic acid groups (broad SMARTS) is 2. The van der Waals surface area contributed by atoms with Crippen LogP contribution in [0.3, 0.4) is 0 Å². The molecular formula is C15H19N5O8S. The summed E-state index contributed by atoms with van der Waals surface area (Å²) in [6.45, 7) is 3.51. The minimum Gasteiger partial charge on any atom is -0.480 e. The molecule has 3 rings (SSSR count). The number of oxime groups is 1. The Kier molecular flexibility index (Phi) is 4.64. The fourth-order valence-electron chi connectivity index (χ4n) is 3.31. The third kappa shape index (κ3) is 3.12. The van der Waals surface area contributed by atoms with E-state index in [2.05, 4.69) is 15.5 Å². The highest BCUT2D eigenvalue weighted by Crippen LogP contribution is 2.46. The van der Waals surface area contributed by atoms with Crippen LogP contribution in [0.15, 0.2) is 11.4 Å². The lowest BCUT2D eigenvalue weighted by Crippen LogP contribution is -2.58. The van der Waals surface area contributed by atoms with Crippen molar-refractivity contribution in [3.05, 3.63) is 11.9 Å². The first kappa shape index (κ1) is 20.7. The van der Waals surface area contributed by atoms with Crippen LogP contribution in [0.5, 0.6) is 0 Å². The summed E-state index contributed by atoms with van der Waals surface area (Å²) < 4.78 is 25.1. The number of amides is 1. The highest BCUT2D eigenvalue weighted by Gasteiger charge is 2.70. The summed E-state index contributed by atoms with van der Waals surface area (Å²) in [6.07, 6.45) is 2.15. The van der Waals surface area contributed by atoms with E-state index in [0.717, 1.165) is 15.8 Å². The van der Waals surface area contributed by atoms with Crippen LogP contribution < -0.4 is 0 Å². The molecule has 2 N–H and O–H groups in total. The quantitative estimate of drug-likeness (QED) is 0.300. The van der Waals surface area contributed by atoms with Gasteiger partial charge in [0.15, 0.2) is 15.9 Å². The van der Waals surface area contributed by atoms with Crippen molar-refractivity contribution in [3.8, 4) is 0 Å². The van der Waals surface area contributed by atoms with Crippen molar-refractivity contribution in [1.29, 1.82) is 0 Å². The number of sulfone groups is 1. The van der Waals surface area contributed by atoms with Gasteiger partial charge in [0.05, 0.1) is 25.4 Å². The number of carbonyl (C=O) groups is 3. The average Bonchev–Trinajstić information content (AvgIpc) is 3.07. The molecule has 0 saturated carbocycles. The summed E-state index contributed by atoms with van der Waals surface area (Å²) in [5.41, 5.74) is -1.43. The van der Waals surface area contributed by atoms with Crippen molar-refractivity contribution < 1.29 is 37.9 Å². The van der Waals surface area contributed by atoms with Gasteiger partial charge in [0.1, 0.15) is 15.8 Å². The van der Waals surface area contributed by atoms with Crippen LogP contribution in [0, 0.1) is 0 Å². The number of hydrogen-bond donors (Lipinski definition) is 2. The molecule has 2 aliphatic rings. The van der Waals surface area contributed by atoms with Gasteiger partial charge >= 0.3 is 11.9 Å². The summed E-state index contributed by atoms with van der Waals surface area (Å²) in [5.74, 6) is -3.17. The molecule has 0 aromatic carbocycles. The van der Waals surface area contributed by atoms with Gasteiger partial charge in [-0.15, -0.1) is 5.10 Å². The predicted molar refractivity (Wildman–Crippen MR) is 94.4 cm³/mol. The van der Waals surface area contributed by atoms with Gasteiger partial charge in [-0.1, -0.05) is 10.4 Å². The zero-order valence-electron chi connectivity index (χ0n) is 15.7. The molecule has 1 amide bonds. The van der Waals surface area contributed by atoms with Crippen molar-refractivity contribution in [3.63, 3.8) is 0 Å². The Balaban J connectivity index is 1.82. The second-order valence-corrected chi connectivity index (χ2v) is 10.1. The van der Waals surface area contributed by atoms with Gasteiger partial charge in [0, 0.05) is 0 Å². The molecule has 2 saturated heterocycles. The SMILES string of the molecule is CC(C)(O/N=C/c1cn(C[C@@]2(C)[C@H](C(=O)O)N3C(=O)C[C@H]3S2(=O)=O)nn1)C(=O)O. The van der Waals surface area contributed by atoms with Gasteiger partial charge in [-0.05, 0) is 20.8 Å². The van der Waals surface area contributed by atoms with E-state index in [1.807, 2.05) is 0 Å². The Hall–Kier alpha value is -3.03. The van der Waals surface area contributed by atoms with Gasteiger partial charge in [0.2, 0.25) is 11.5 Å². The van der Waals surface area contributed by atoms with Crippen LogP contribution in [0.25, 0.3) is 0 Å². The molecule has 158 valence electrons. The maximum Gasteiger partial charge on any atom is 0.350 e. The molecule has 13 nitrogen and oxygen atoms in total. The Labute approximate surface area is 164 Å². The summed E-state index contributed by atoms with van der Waals surface area (Å²) >= 11 is 0. The molecule has 0 unspecified atom stereocenters. The van der Waals surface area contributed by atoms with Crippen LogP contribution in [0.2, 0.25) is 0 Å². The smallest absolute Gasteiger partial charge is 0.350 e. The standard InChI is InChI=1S/C15H19N5O8S/c1-14(2,13(24)25)28-16-5-8-6-19(18-17-8)7-15(3)11(12(22)23)20-9(21)4-10(20)29(15,26)27/h5-6,10-11H,4,7H2,1-3H3,(H,22,23)(H,24,25)/b16-5+/t10-,11+,15+/m1/s1. The summed E-state index contributed by atoms with van der Waals surface area (Å²) in [5, 5.41) is 28.4. The zero-order chi connectivity index (χ0) is 21.8. The molecule has 1 aromatic heterocycles. The van der Waals surface area contributed by atoms with Gasteiger partial charge in [-0.3, -0.25) is 9.48 Å². The summed E-state index contributed by atoms with van der Waals surface area (Å²) in [7, 11) is -3.98. The Morgan fingerprint density at radius 1 is 1.45 bits per heavy atom. The predicted octanol–water partition coefficient (Wildman–Crippen LogP) is -1.31. The van der Waals surface area contributed by atoms with Gasteiger partial charge in [-0.25, -0.2) is 18.0 Å². The molecular weight excluding hydrogens is 410 g/mol. The fourth-order valence-corrected chi connectivity index (χ4v) is 5.67. The number of hydrogen-bond acceptors (Lipinski definition) is 9.